The summed E-state index contributed by atoms with van der Waals surface area (Å²) in [5.41, 5.74) is 0.313. The van der Waals surface area contributed by atoms with E-state index < -0.39 is 4.92 Å². The Morgan fingerprint density at radius 2 is 2.24 bits per heavy atom. The van der Waals surface area contributed by atoms with Gasteiger partial charge in [-0.3, -0.25) is 14.9 Å². The van der Waals surface area contributed by atoms with Crippen LogP contribution in [-0.4, -0.2) is 41.9 Å². The molecule has 7 heteroatoms. The average Bonchev–Trinajstić information content (AvgIpc) is 2.42. The second-order valence-corrected chi connectivity index (χ2v) is 6.69. The first-order chi connectivity index (χ1) is 9.88. The molecule has 1 aromatic carbocycles. The summed E-state index contributed by atoms with van der Waals surface area (Å²) in [4.78, 5) is 25.0. The second kappa shape index (κ2) is 6.69. The number of piperidine rings is 1. The van der Waals surface area contributed by atoms with E-state index >= 15 is 0 Å². The van der Waals surface area contributed by atoms with Crippen LogP contribution in [0.4, 0.5) is 5.69 Å². The van der Waals surface area contributed by atoms with Crippen LogP contribution in [-0.2, 0) is 0 Å². The molecule has 114 valence electrons. The summed E-state index contributed by atoms with van der Waals surface area (Å²) in [7, 11) is 2.07. The number of carbonyl (C=O) groups excluding carboxylic acids is 1. The van der Waals surface area contributed by atoms with Crippen LogP contribution in [0.2, 0.25) is 0 Å². The van der Waals surface area contributed by atoms with E-state index in [4.69, 9.17) is 0 Å². The summed E-state index contributed by atoms with van der Waals surface area (Å²) in [6, 6.07) is 4.47. The maximum Gasteiger partial charge on any atom is 0.270 e. The van der Waals surface area contributed by atoms with Crippen LogP contribution >= 0.6 is 22.6 Å². The van der Waals surface area contributed by atoms with Crippen molar-refractivity contribution in [1.29, 1.82) is 0 Å². The molecular formula is C14H18IN3O3. The molecule has 2 rings (SSSR count). The van der Waals surface area contributed by atoms with Gasteiger partial charge >= 0.3 is 0 Å². The number of nitrogens with one attached hydrogen (secondary N) is 1. The van der Waals surface area contributed by atoms with Crippen LogP contribution in [0, 0.1) is 19.6 Å². The van der Waals surface area contributed by atoms with Gasteiger partial charge in [0.2, 0.25) is 0 Å². The van der Waals surface area contributed by atoms with Gasteiger partial charge in [-0.25, -0.2) is 0 Å². The minimum Gasteiger partial charge on any atom is -0.349 e. The number of nitro groups is 1. The van der Waals surface area contributed by atoms with E-state index in [1.54, 1.807) is 6.07 Å². The minimum absolute atomic E-state index is 0.0583. The summed E-state index contributed by atoms with van der Waals surface area (Å²) < 4.78 is 0.719. The van der Waals surface area contributed by atoms with E-state index in [9.17, 15) is 14.9 Å². The second-order valence-electron chi connectivity index (χ2n) is 5.53. The lowest BCUT2D eigenvalue weighted by atomic mass is 9.94. The van der Waals surface area contributed by atoms with Gasteiger partial charge < -0.3 is 10.2 Å². The Kier molecular flexibility index (Phi) is 5.15. The quantitative estimate of drug-likeness (QED) is 0.478. The molecule has 0 spiro atoms. The Morgan fingerprint density at radius 3 is 2.86 bits per heavy atom. The maximum absolute atomic E-state index is 12.4. The first-order valence-electron chi connectivity index (χ1n) is 6.82. The van der Waals surface area contributed by atoms with Crippen LogP contribution in [0.1, 0.15) is 23.7 Å². The Bertz CT molecular complexity index is 564. The average molecular weight is 403 g/mol. The van der Waals surface area contributed by atoms with Crippen LogP contribution < -0.4 is 5.32 Å². The highest BCUT2D eigenvalue weighted by Crippen LogP contribution is 2.21. The van der Waals surface area contributed by atoms with Gasteiger partial charge in [0.15, 0.2) is 0 Å². The molecule has 1 aromatic rings. The third-order valence-electron chi connectivity index (χ3n) is 3.83. The van der Waals surface area contributed by atoms with Gasteiger partial charge in [0.25, 0.3) is 11.6 Å². The predicted octanol–water partition coefficient (Wildman–Crippen LogP) is 2.27. The zero-order valence-electron chi connectivity index (χ0n) is 12.0. The molecule has 2 atom stereocenters. The number of carbonyl (C=O) groups is 1. The minimum atomic E-state index is -0.481. The maximum atomic E-state index is 12.4. The van der Waals surface area contributed by atoms with Crippen molar-refractivity contribution in [2.75, 3.05) is 20.1 Å². The molecule has 0 saturated carbocycles. The molecule has 0 aromatic heterocycles. The summed E-state index contributed by atoms with van der Waals surface area (Å²) >= 11 is 2.03. The summed E-state index contributed by atoms with van der Waals surface area (Å²) in [5, 5.41) is 13.9. The van der Waals surface area contributed by atoms with E-state index in [2.05, 4.69) is 24.2 Å². The molecule has 1 fully saturated rings. The largest absolute Gasteiger partial charge is 0.349 e. The molecule has 21 heavy (non-hydrogen) atoms. The van der Waals surface area contributed by atoms with E-state index in [1.165, 1.54) is 12.1 Å². The molecule has 1 aliphatic heterocycles. The summed E-state index contributed by atoms with van der Waals surface area (Å²) in [5.74, 6) is 0.133. The van der Waals surface area contributed by atoms with Gasteiger partial charge in [0.1, 0.15) is 0 Å². The molecule has 1 heterocycles. The molecule has 0 radical (unpaired) electrons. The number of benzene rings is 1. The fraction of sp³-hybridized carbons (Fsp3) is 0.500. The zero-order chi connectivity index (χ0) is 15.6. The fourth-order valence-corrected chi connectivity index (χ4v) is 3.20. The highest BCUT2D eigenvalue weighted by Gasteiger charge is 2.26. The smallest absolute Gasteiger partial charge is 0.270 e. The molecule has 1 amide bonds. The lowest BCUT2D eigenvalue weighted by Gasteiger charge is -2.35. The normalized spacial score (nSPS) is 22.8. The Balaban J connectivity index is 2.13. The third kappa shape index (κ3) is 3.91. The van der Waals surface area contributed by atoms with Gasteiger partial charge in [0, 0.05) is 28.3 Å². The molecule has 1 N–H and O–H groups in total. The van der Waals surface area contributed by atoms with Crippen LogP contribution in [0.3, 0.4) is 0 Å². The molecule has 0 aliphatic carbocycles. The predicted molar refractivity (Wildman–Crippen MR) is 88.3 cm³/mol. The van der Waals surface area contributed by atoms with Gasteiger partial charge in [-0.15, -0.1) is 0 Å². The standard InChI is InChI=1S/C14H18IN3O3/c1-9-8-17(2)6-5-13(9)16-14(19)11-7-10(18(20)21)3-4-12(11)15/h3-4,7,9,13H,5-6,8H2,1-2H3,(H,16,19). The van der Waals surface area contributed by atoms with Crippen molar-refractivity contribution in [2.24, 2.45) is 5.92 Å². The van der Waals surface area contributed by atoms with Crippen molar-refractivity contribution in [3.05, 3.63) is 37.4 Å². The van der Waals surface area contributed by atoms with Crippen molar-refractivity contribution >= 4 is 34.2 Å². The molecular weight excluding hydrogens is 385 g/mol. The number of nitro benzene ring substituents is 1. The van der Waals surface area contributed by atoms with Crippen molar-refractivity contribution < 1.29 is 9.72 Å². The van der Waals surface area contributed by atoms with Crippen molar-refractivity contribution in [2.45, 2.75) is 19.4 Å². The van der Waals surface area contributed by atoms with Gasteiger partial charge in [-0.2, -0.15) is 0 Å². The third-order valence-corrected chi connectivity index (χ3v) is 4.77. The highest BCUT2D eigenvalue weighted by molar-refractivity contribution is 14.1. The molecule has 1 aliphatic rings. The first-order valence-corrected chi connectivity index (χ1v) is 7.89. The lowest BCUT2D eigenvalue weighted by molar-refractivity contribution is -0.384. The van der Waals surface area contributed by atoms with Crippen LogP contribution in [0.5, 0.6) is 0 Å². The monoisotopic (exact) mass is 403 g/mol. The van der Waals surface area contributed by atoms with Crippen LogP contribution in [0.25, 0.3) is 0 Å². The number of likely N-dealkylation sites (tertiary alicyclic amines) is 1. The van der Waals surface area contributed by atoms with Crippen molar-refractivity contribution in [3.63, 3.8) is 0 Å². The van der Waals surface area contributed by atoms with E-state index in [1.807, 2.05) is 22.6 Å². The van der Waals surface area contributed by atoms with E-state index in [0.717, 1.165) is 23.1 Å². The van der Waals surface area contributed by atoms with Gasteiger partial charge in [-0.1, -0.05) is 6.92 Å². The lowest BCUT2D eigenvalue weighted by Crippen LogP contribution is -2.49. The highest BCUT2D eigenvalue weighted by atomic mass is 127. The summed E-state index contributed by atoms with van der Waals surface area (Å²) in [6.07, 6.45) is 0.898. The number of hydrogen-bond acceptors (Lipinski definition) is 4. The number of non-ortho nitro benzene ring substituents is 1. The Morgan fingerprint density at radius 1 is 1.52 bits per heavy atom. The van der Waals surface area contributed by atoms with Crippen molar-refractivity contribution in [1.82, 2.24) is 10.2 Å². The zero-order valence-corrected chi connectivity index (χ0v) is 14.2. The number of halogens is 1. The molecule has 6 nitrogen and oxygen atoms in total. The number of hydrogen-bond donors (Lipinski definition) is 1. The first kappa shape index (κ1) is 16.2. The number of rotatable bonds is 3. The van der Waals surface area contributed by atoms with E-state index in [0.29, 0.717) is 11.5 Å². The van der Waals surface area contributed by atoms with Crippen LogP contribution in [0.15, 0.2) is 18.2 Å². The van der Waals surface area contributed by atoms with E-state index in [-0.39, 0.29) is 17.6 Å². The number of amides is 1. The Labute approximate surface area is 137 Å². The number of nitrogens with zero attached hydrogens (tertiary/aromatic N) is 2. The molecule has 0 bridgehead atoms. The van der Waals surface area contributed by atoms with Gasteiger partial charge in [-0.05, 0) is 54.6 Å². The SMILES string of the molecule is CC1CN(C)CCC1NC(=O)c1cc([N+](=O)[O-])ccc1I. The van der Waals surface area contributed by atoms with Crippen molar-refractivity contribution in [3.8, 4) is 0 Å². The molecule has 1 saturated heterocycles. The molecule has 2 unspecified atom stereocenters. The summed E-state index contributed by atoms with van der Waals surface area (Å²) in [6.45, 7) is 4.00. The Hall–Kier alpha value is -1.22. The van der Waals surface area contributed by atoms with Gasteiger partial charge in [0.05, 0.1) is 10.5 Å². The topological polar surface area (TPSA) is 75.5 Å². The fourth-order valence-electron chi connectivity index (χ4n) is 2.62.